The molecule has 1 saturated carbocycles. The first-order valence-electron chi connectivity index (χ1n) is 13.7. The topological polar surface area (TPSA) is 181 Å². The predicted octanol–water partition coefficient (Wildman–Crippen LogP) is 1.80. The average Bonchev–Trinajstić information content (AvgIpc) is 3.36. The van der Waals surface area contributed by atoms with Crippen LogP contribution in [-0.4, -0.2) is 92.6 Å². The molecule has 11 nitrogen and oxygen atoms in total. The number of carbonyl (C=O) groups excluding carboxylic acids is 2. The summed E-state index contributed by atoms with van der Waals surface area (Å²) in [7, 11) is 3.27. The molecule has 1 aromatic rings. The Morgan fingerprint density at radius 3 is 2.48 bits per heavy atom. The summed E-state index contributed by atoms with van der Waals surface area (Å²) < 4.78 is 6.28. The number of nitrogens with zero attached hydrogens (tertiary/aromatic N) is 2. The highest BCUT2D eigenvalue weighted by Gasteiger charge is 2.63. The Hall–Kier alpha value is -3.41. The molecule has 3 aliphatic carbocycles. The summed E-state index contributed by atoms with van der Waals surface area (Å²) >= 11 is 0. The number of likely N-dealkylation sites (N-methyl/N-ethyl adjacent to an activating group) is 1. The van der Waals surface area contributed by atoms with Gasteiger partial charge in [0, 0.05) is 29.2 Å². The van der Waals surface area contributed by atoms with Crippen LogP contribution in [0.2, 0.25) is 0 Å². The number of amides is 1. The van der Waals surface area contributed by atoms with E-state index < -0.39 is 58.0 Å². The lowest BCUT2D eigenvalue weighted by Crippen LogP contribution is -2.67. The Morgan fingerprint density at radius 2 is 1.90 bits per heavy atom. The third-order valence-electron chi connectivity index (χ3n) is 8.75. The van der Waals surface area contributed by atoms with E-state index in [4.69, 9.17) is 15.9 Å². The van der Waals surface area contributed by atoms with Gasteiger partial charge in [-0.1, -0.05) is 0 Å². The fourth-order valence-electron chi connectivity index (χ4n) is 7.09. The van der Waals surface area contributed by atoms with Crippen molar-refractivity contribution in [2.24, 2.45) is 17.6 Å². The van der Waals surface area contributed by atoms with Gasteiger partial charge in [0.15, 0.2) is 5.60 Å². The molecular formula is C29H38N4O7. The lowest BCUT2D eigenvalue weighted by molar-refractivity contribution is -0.138. The van der Waals surface area contributed by atoms with Gasteiger partial charge in [-0.25, -0.2) is 0 Å². The van der Waals surface area contributed by atoms with Crippen LogP contribution in [0.3, 0.4) is 0 Å². The Balaban J connectivity index is 1.68. The highest BCUT2D eigenvalue weighted by Crippen LogP contribution is 2.53. The monoisotopic (exact) mass is 554 g/mol. The number of benzene rings is 1. The van der Waals surface area contributed by atoms with Crippen LogP contribution in [0.1, 0.15) is 49.8 Å². The van der Waals surface area contributed by atoms with Crippen molar-refractivity contribution in [2.45, 2.75) is 63.8 Å². The number of phenolic OH excluding ortho intramolecular Hbond substituents is 1. The summed E-state index contributed by atoms with van der Waals surface area (Å²) in [5.41, 5.74) is 2.88. The van der Waals surface area contributed by atoms with Crippen molar-refractivity contribution >= 4 is 23.2 Å². The van der Waals surface area contributed by atoms with E-state index in [1.165, 1.54) is 0 Å². The zero-order valence-electron chi connectivity index (χ0n) is 23.3. The van der Waals surface area contributed by atoms with Gasteiger partial charge in [-0.2, -0.15) is 0 Å². The Kier molecular flexibility index (Phi) is 6.96. The van der Waals surface area contributed by atoms with Crippen molar-refractivity contribution in [3.8, 4) is 11.5 Å². The summed E-state index contributed by atoms with van der Waals surface area (Å²) in [6.45, 7) is 6.24. The van der Waals surface area contributed by atoms with Crippen LogP contribution in [0, 0.1) is 17.2 Å². The Morgan fingerprint density at radius 1 is 1.25 bits per heavy atom. The summed E-state index contributed by atoms with van der Waals surface area (Å²) in [6, 6.07) is 0.588. The van der Waals surface area contributed by atoms with Gasteiger partial charge in [-0.05, 0) is 78.7 Å². The molecule has 1 aliphatic heterocycles. The molecule has 0 unspecified atom stereocenters. The smallest absolute Gasteiger partial charge is 0.254 e. The van der Waals surface area contributed by atoms with Gasteiger partial charge in [-0.15, -0.1) is 0 Å². The first-order valence-corrected chi connectivity index (χ1v) is 13.7. The highest BCUT2D eigenvalue weighted by molar-refractivity contribution is 6.33. The van der Waals surface area contributed by atoms with E-state index in [-0.39, 0.29) is 35.8 Å². The van der Waals surface area contributed by atoms with Gasteiger partial charge in [0.05, 0.1) is 23.4 Å². The fourth-order valence-corrected chi connectivity index (χ4v) is 7.09. The van der Waals surface area contributed by atoms with Crippen molar-refractivity contribution < 1.29 is 34.8 Å². The SMILES string of the molecule is CC(C)Oc1c(CN2CCCC2)cc(O)c2c1C[C@H]1C[C@H]3[C@H](N(C)C)C(O)=C(C(N)=O)C(=N)[C@@]3(O)C(=O)C1=C2O. The van der Waals surface area contributed by atoms with Crippen LogP contribution in [0.5, 0.6) is 11.5 Å². The molecule has 1 amide bonds. The number of hydrogen-bond donors (Lipinski definition) is 6. The number of ketones is 1. The van der Waals surface area contributed by atoms with E-state index in [1.54, 1.807) is 25.1 Å². The number of rotatable bonds is 6. The third kappa shape index (κ3) is 4.10. The quantitative estimate of drug-likeness (QED) is 0.306. The van der Waals surface area contributed by atoms with E-state index >= 15 is 0 Å². The van der Waals surface area contributed by atoms with Crippen LogP contribution in [0.25, 0.3) is 5.76 Å². The number of carbonyl (C=O) groups is 2. The molecule has 4 atom stereocenters. The number of Topliss-reactive ketones (excluding diaryl/α,β-unsaturated/α-hetero) is 1. The van der Waals surface area contributed by atoms with Crippen molar-refractivity contribution in [3.05, 3.63) is 39.7 Å². The fraction of sp³-hybridized carbons (Fsp3) is 0.552. The molecule has 7 N–H and O–H groups in total. The van der Waals surface area contributed by atoms with Crippen LogP contribution in [0.15, 0.2) is 23.0 Å². The zero-order valence-corrected chi connectivity index (χ0v) is 23.3. The van der Waals surface area contributed by atoms with Crippen molar-refractivity contribution in [2.75, 3.05) is 27.2 Å². The maximum Gasteiger partial charge on any atom is 0.254 e. The van der Waals surface area contributed by atoms with Gasteiger partial charge in [-0.3, -0.25) is 19.4 Å². The number of hydrogen-bond acceptors (Lipinski definition) is 10. The number of likely N-dealkylation sites (tertiary alicyclic amines) is 1. The number of aliphatic hydroxyl groups is 3. The number of fused-ring (bicyclic) bond motifs is 3. The molecule has 2 fully saturated rings. The molecular weight excluding hydrogens is 516 g/mol. The second-order valence-corrected chi connectivity index (χ2v) is 11.9. The summed E-state index contributed by atoms with van der Waals surface area (Å²) in [6.07, 6.45) is 2.35. The largest absolute Gasteiger partial charge is 0.510 e. The number of aromatic hydroxyl groups is 1. The van der Waals surface area contributed by atoms with E-state index in [2.05, 4.69) is 4.90 Å². The van der Waals surface area contributed by atoms with Crippen LogP contribution in [-0.2, 0) is 22.6 Å². The minimum absolute atomic E-state index is 0.0717. The molecule has 40 heavy (non-hydrogen) atoms. The lowest BCUT2D eigenvalue weighted by atomic mass is 9.56. The van der Waals surface area contributed by atoms with Gasteiger partial charge < -0.3 is 36.3 Å². The predicted molar refractivity (Wildman–Crippen MR) is 147 cm³/mol. The molecule has 1 heterocycles. The third-order valence-corrected chi connectivity index (χ3v) is 8.75. The van der Waals surface area contributed by atoms with Crippen LogP contribution >= 0.6 is 0 Å². The van der Waals surface area contributed by atoms with Gasteiger partial charge in [0.25, 0.3) is 5.91 Å². The number of aliphatic hydroxyl groups excluding tert-OH is 2. The number of ether oxygens (including phenoxy) is 1. The molecule has 0 radical (unpaired) electrons. The summed E-state index contributed by atoms with van der Waals surface area (Å²) in [4.78, 5) is 30.1. The summed E-state index contributed by atoms with van der Waals surface area (Å²) in [5, 5.41) is 54.1. The van der Waals surface area contributed by atoms with Gasteiger partial charge >= 0.3 is 0 Å². The summed E-state index contributed by atoms with van der Waals surface area (Å²) in [5.74, 6) is -4.25. The molecule has 0 aromatic heterocycles. The molecule has 216 valence electrons. The highest BCUT2D eigenvalue weighted by atomic mass is 16.5. The molecule has 0 spiro atoms. The first kappa shape index (κ1) is 28.1. The van der Waals surface area contributed by atoms with Crippen LogP contribution < -0.4 is 10.5 Å². The van der Waals surface area contributed by atoms with E-state index in [1.807, 2.05) is 13.8 Å². The Bertz CT molecular complexity index is 1360. The van der Waals surface area contributed by atoms with E-state index in [9.17, 15) is 30.0 Å². The molecule has 1 aromatic carbocycles. The van der Waals surface area contributed by atoms with Crippen LogP contribution in [0.4, 0.5) is 0 Å². The molecule has 5 rings (SSSR count). The second kappa shape index (κ2) is 9.90. The average molecular weight is 555 g/mol. The maximum absolute atomic E-state index is 14.1. The van der Waals surface area contributed by atoms with Crippen molar-refractivity contribution in [1.29, 1.82) is 5.41 Å². The first-order chi connectivity index (χ1) is 18.8. The van der Waals surface area contributed by atoms with E-state index in [0.29, 0.717) is 17.9 Å². The molecule has 0 bridgehead atoms. The van der Waals surface area contributed by atoms with Crippen molar-refractivity contribution in [3.63, 3.8) is 0 Å². The van der Waals surface area contributed by atoms with E-state index in [0.717, 1.165) is 31.5 Å². The standard InChI is InChI=1S/C29H38N4O7/c1-13(2)40-25-15(12-33-7-5-6-8-33)11-18(34)20-16(25)9-14-10-17-22(32(3)4)24(36)21(28(31)38)26(30)29(17,39)27(37)19(14)23(20)35/h11,13-14,17,22,30,34-36,39H,5-10,12H2,1-4H3,(H2,31,38)/t14-,17-,22-,29+/m0/s1. The number of nitrogens with one attached hydrogen (secondary N) is 1. The maximum atomic E-state index is 14.1. The van der Waals surface area contributed by atoms with Crippen molar-refractivity contribution in [1.82, 2.24) is 9.80 Å². The van der Waals surface area contributed by atoms with Gasteiger partial charge in [0.2, 0.25) is 5.78 Å². The molecule has 4 aliphatic rings. The normalized spacial score (nSPS) is 28.7. The molecule has 1 saturated heterocycles. The number of phenols is 1. The molecule has 11 heteroatoms. The zero-order chi connectivity index (χ0) is 29.3. The minimum atomic E-state index is -2.51. The minimum Gasteiger partial charge on any atom is -0.510 e. The Labute approximate surface area is 233 Å². The number of nitrogens with two attached hydrogens (primary N) is 1. The number of primary amides is 1. The van der Waals surface area contributed by atoms with Gasteiger partial charge in [0.1, 0.15) is 28.6 Å². The second-order valence-electron chi connectivity index (χ2n) is 11.9. The lowest BCUT2D eigenvalue weighted by Gasteiger charge is -2.51.